The van der Waals surface area contributed by atoms with Crippen LogP contribution in [-0.4, -0.2) is 29.6 Å². The molecule has 2 aliphatic carbocycles. The maximum absolute atomic E-state index is 13.8. The number of benzene rings is 2. The average Bonchev–Trinajstić information content (AvgIpc) is 2.92. The summed E-state index contributed by atoms with van der Waals surface area (Å²) in [5.74, 6) is 0.641. The van der Waals surface area contributed by atoms with Crippen molar-refractivity contribution in [1.82, 2.24) is 4.90 Å². The van der Waals surface area contributed by atoms with Crippen LogP contribution in [0.5, 0.6) is 11.5 Å². The summed E-state index contributed by atoms with van der Waals surface area (Å²) in [6.45, 7) is 9.28. The predicted octanol–water partition coefficient (Wildman–Crippen LogP) is 6.97. The van der Waals surface area contributed by atoms with Gasteiger partial charge in [0, 0.05) is 53.4 Å². The number of allylic oxidation sites excluding steroid dienone is 5. The average molecular weight is 530 g/mol. The van der Waals surface area contributed by atoms with E-state index < -0.39 is 5.92 Å². The second kappa shape index (κ2) is 11.6. The second-order valence-electron chi connectivity index (χ2n) is 10.3. The van der Waals surface area contributed by atoms with Gasteiger partial charge in [-0.05, 0) is 75.3 Å². The number of hydrogen-bond donors (Lipinski definition) is 0. The van der Waals surface area contributed by atoms with Crippen molar-refractivity contribution >= 4 is 11.6 Å². The molecule has 0 fully saturated rings. The third-order valence-corrected chi connectivity index (χ3v) is 7.83. The highest BCUT2D eigenvalue weighted by Gasteiger charge is 2.43. The number of ether oxygens (including phenoxy) is 2. The molecular formula is C33H36FNO4. The molecule has 0 unspecified atom stereocenters. The Morgan fingerprint density at radius 3 is 2.26 bits per heavy atom. The SMILES string of the molecule is C=CCc1cc(C2C3=C(CCCC3=O)N(CC)C3=C2C(=O)CCC3)cc(OCC)c1OCc1cccc(F)c1. The molecule has 5 nitrogen and oxygen atoms in total. The molecule has 2 aromatic carbocycles. The van der Waals surface area contributed by atoms with Crippen LogP contribution in [0.1, 0.15) is 75.0 Å². The quantitative estimate of drug-likeness (QED) is 0.329. The zero-order valence-corrected chi connectivity index (χ0v) is 22.9. The standard InChI is InChI=1S/C33H36FNO4/c1-4-10-22-18-23(19-29(38-6-3)33(22)39-20-21-11-7-12-24(34)17-21)30-31-25(13-8-15-27(31)36)35(5-2)26-14-9-16-28(37)32(26)30/h4,7,11-12,17-19,30H,1,5-6,8-10,13-16,20H2,2-3H3. The van der Waals surface area contributed by atoms with E-state index in [1.807, 2.05) is 25.1 Å². The molecule has 0 N–H and O–H groups in total. The van der Waals surface area contributed by atoms with Crippen LogP contribution in [0.15, 0.2) is 71.6 Å². The van der Waals surface area contributed by atoms with E-state index in [4.69, 9.17) is 9.47 Å². The lowest BCUT2D eigenvalue weighted by atomic mass is 9.70. The van der Waals surface area contributed by atoms with Crippen LogP contribution in [0.3, 0.4) is 0 Å². The summed E-state index contributed by atoms with van der Waals surface area (Å²) in [5.41, 5.74) is 6.10. The minimum Gasteiger partial charge on any atom is -0.490 e. The van der Waals surface area contributed by atoms with Gasteiger partial charge in [0.2, 0.25) is 0 Å². The molecule has 6 heteroatoms. The van der Waals surface area contributed by atoms with E-state index in [1.54, 1.807) is 12.1 Å². The number of nitrogens with zero attached hydrogens (tertiary/aromatic N) is 1. The molecule has 0 saturated carbocycles. The number of carbonyl (C=O) groups is 2. The Hall–Kier alpha value is -3.67. The Morgan fingerprint density at radius 1 is 0.974 bits per heavy atom. The van der Waals surface area contributed by atoms with Gasteiger partial charge in [-0.1, -0.05) is 24.3 Å². The first-order valence-corrected chi connectivity index (χ1v) is 14.0. The second-order valence-corrected chi connectivity index (χ2v) is 10.3. The van der Waals surface area contributed by atoms with Gasteiger partial charge in [0.15, 0.2) is 23.1 Å². The molecule has 0 aromatic heterocycles. The van der Waals surface area contributed by atoms with Gasteiger partial charge < -0.3 is 14.4 Å². The van der Waals surface area contributed by atoms with Crippen molar-refractivity contribution in [3.8, 4) is 11.5 Å². The molecule has 0 bridgehead atoms. The molecule has 0 amide bonds. The molecule has 1 aliphatic heterocycles. The summed E-state index contributed by atoms with van der Waals surface area (Å²) >= 11 is 0. The molecular weight excluding hydrogens is 493 g/mol. The Balaban J connectivity index is 1.66. The van der Waals surface area contributed by atoms with Crippen molar-refractivity contribution < 1.29 is 23.5 Å². The first kappa shape index (κ1) is 26.9. The molecule has 0 spiro atoms. The predicted molar refractivity (Wildman–Crippen MR) is 149 cm³/mol. The molecule has 204 valence electrons. The zero-order chi connectivity index (χ0) is 27.5. The fraction of sp³-hybridized carbons (Fsp3) is 0.394. The molecule has 3 aliphatic rings. The Kier molecular flexibility index (Phi) is 8.01. The van der Waals surface area contributed by atoms with E-state index >= 15 is 0 Å². The van der Waals surface area contributed by atoms with Crippen LogP contribution in [0.2, 0.25) is 0 Å². The van der Waals surface area contributed by atoms with Gasteiger partial charge in [0.05, 0.1) is 6.61 Å². The lowest BCUT2D eigenvalue weighted by Crippen LogP contribution is -2.39. The number of ketones is 2. The normalized spacial score (nSPS) is 17.8. The maximum Gasteiger partial charge on any atom is 0.165 e. The number of halogens is 1. The van der Waals surface area contributed by atoms with E-state index in [0.717, 1.165) is 65.9 Å². The first-order valence-electron chi connectivity index (χ1n) is 14.0. The monoisotopic (exact) mass is 529 g/mol. The molecule has 0 radical (unpaired) electrons. The van der Waals surface area contributed by atoms with Gasteiger partial charge in [-0.2, -0.15) is 0 Å². The van der Waals surface area contributed by atoms with Crippen molar-refractivity contribution in [3.05, 3.63) is 94.1 Å². The van der Waals surface area contributed by atoms with Crippen LogP contribution in [0, 0.1) is 5.82 Å². The number of Topliss-reactive ketones (excluding diaryl/α,β-unsaturated/α-hetero) is 2. The Morgan fingerprint density at radius 2 is 1.67 bits per heavy atom. The van der Waals surface area contributed by atoms with Crippen LogP contribution in [0.25, 0.3) is 0 Å². The lowest BCUT2D eigenvalue weighted by molar-refractivity contribution is -0.117. The lowest BCUT2D eigenvalue weighted by Gasteiger charge is -2.43. The van der Waals surface area contributed by atoms with Gasteiger partial charge in [-0.3, -0.25) is 9.59 Å². The number of hydrogen-bond acceptors (Lipinski definition) is 5. The molecule has 1 heterocycles. The van der Waals surface area contributed by atoms with Crippen molar-refractivity contribution in [1.29, 1.82) is 0 Å². The summed E-state index contributed by atoms with van der Waals surface area (Å²) in [4.78, 5) is 29.3. The highest BCUT2D eigenvalue weighted by Crippen LogP contribution is 2.50. The topological polar surface area (TPSA) is 55.8 Å². The highest BCUT2D eigenvalue weighted by molar-refractivity contribution is 6.06. The van der Waals surface area contributed by atoms with Crippen molar-refractivity contribution in [2.75, 3.05) is 13.2 Å². The largest absolute Gasteiger partial charge is 0.490 e. The molecule has 39 heavy (non-hydrogen) atoms. The van der Waals surface area contributed by atoms with Gasteiger partial charge >= 0.3 is 0 Å². The van der Waals surface area contributed by atoms with Crippen molar-refractivity contribution in [2.45, 2.75) is 71.3 Å². The van der Waals surface area contributed by atoms with E-state index in [-0.39, 0.29) is 24.0 Å². The van der Waals surface area contributed by atoms with Crippen molar-refractivity contribution in [2.24, 2.45) is 0 Å². The number of carbonyl (C=O) groups excluding carboxylic acids is 2. The smallest absolute Gasteiger partial charge is 0.165 e. The summed E-state index contributed by atoms with van der Waals surface area (Å²) in [5, 5.41) is 0. The molecule has 5 rings (SSSR count). The number of rotatable bonds is 9. The maximum atomic E-state index is 13.8. The molecule has 0 saturated heterocycles. The van der Waals surface area contributed by atoms with E-state index in [1.165, 1.54) is 12.1 Å². The fourth-order valence-electron chi connectivity index (χ4n) is 6.30. The molecule has 0 atom stereocenters. The van der Waals surface area contributed by atoms with Gasteiger partial charge in [-0.15, -0.1) is 6.58 Å². The van der Waals surface area contributed by atoms with Crippen LogP contribution in [0.4, 0.5) is 4.39 Å². The van der Waals surface area contributed by atoms with E-state index in [0.29, 0.717) is 42.9 Å². The van der Waals surface area contributed by atoms with Gasteiger partial charge in [0.1, 0.15) is 12.4 Å². The van der Waals surface area contributed by atoms with Gasteiger partial charge in [-0.25, -0.2) is 4.39 Å². The van der Waals surface area contributed by atoms with Crippen LogP contribution >= 0.6 is 0 Å². The van der Waals surface area contributed by atoms with Crippen molar-refractivity contribution in [3.63, 3.8) is 0 Å². The van der Waals surface area contributed by atoms with Crippen LogP contribution < -0.4 is 9.47 Å². The summed E-state index contributed by atoms with van der Waals surface area (Å²) < 4.78 is 26.1. The minimum absolute atomic E-state index is 0.124. The Bertz CT molecular complexity index is 1330. The summed E-state index contributed by atoms with van der Waals surface area (Å²) in [6.07, 6.45) is 6.64. The van der Waals surface area contributed by atoms with Gasteiger partial charge in [0.25, 0.3) is 0 Å². The summed E-state index contributed by atoms with van der Waals surface area (Å²) in [6, 6.07) is 10.3. The Labute approximate surface area is 230 Å². The van der Waals surface area contributed by atoms with Crippen LogP contribution in [-0.2, 0) is 22.6 Å². The van der Waals surface area contributed by atoms with E-state index in [9.17, 15) is 14.0 Å². The third-order valence-electron chi connectivity index (χ3n) is 7.83. The van der Waals surface area contributed by atoms with E-state index in [2.05, 4.69) is 18.4 Å². The first-order chi connectivity index (χ1) is 19.0. The highest BCUT2D eigenvalue weighted by atomic mass is 19.1. The minimum atomic E-state index is -0.418. The zero-order valence-electron chi connectivity index (χ0n) is 22.9. The summed E-state index contributed by atoms with van der Waals surface area (Å²) in [7, 11) is 0. The third kappa shape index (κ3) is 5.17. The molecule has 2 aromatic rings. The fourth-order valence-corrected chi connectivity index (χ4v) is 6.30.